The fourth-order valence-corrected chi connectivity index (χ4v) is 7.19. The number of carbonyl (C=O) groups excluding carboxylic acids is 1. The fraction of sp³-hybridized carbons (Fsp3) is 0.212. The fourth-order valence-electron chi connectivity index (χ4n) is 5.79. The van der Waals surface area contributed by atoms with Gasteiger partial charge >= 0.3 is 12.1 Å². The summed E-state index contributed by atoms with van der Waals surface area (Å²) in [4.78, 5) is 25.1. The third-order valence-corrected chi connectivity index (χ3v) is 9.80. The van der Waals surface area contributed by atoms with E-state index >= 15 is 0 Å². The molecule has 2 aliphatic rings. The zero-order chi connectivity index (χ0) is 29.4. The SMILES string of the molecule is Cc1ccc(S(=O)(=O)N2Cc3ccc(C[C@H](NC(=O)OCC4c5ccccc5-c5ccccc54)C(=O)O)cc3C2)cc1. The highest BCUT2D eigenvalue weighted by atomic mass is 32.2. The van der Waals surface area contributed by atoms with E-state index in [0.717, 1.165) is 38.9 Å². The first-order valence-electron chi connectivity index (χ1n) is 13.7. The van der Waals surface area contributed by atoms with E-state index in [9.17, 15) is 23.1 Å². The number of hydrogen-bond donors (Lipinski definition) is 2. The molecule has 0 aromatic heterocycles. The van der Waals surface area contributed by atoms with E-state index in [-0.39, 0.29) is 36.9 Å². The summed E-state index contributed by atoms with van der Waals surface area (Å²) in [5.41, 5.74) is 7.67. The summed E-state index contributed by atoms with van der Waals surface area (Å²) in [6, 6.07) is 26.9. The number of alkyl carbamates (subject to hydrolysis) is 1. The van der Waals surface area contributed by atoms with E-state index in [1.807, 2.05) is 67.6 Å². The van der Waals surface area contributed by atoms with Crippen molar-refractivity contribution in [2.24, 2.45) is 0 Å². The Bertz CT molecular complexity index is 1740. The molecule has 0 saturated carbocycles. The summed E-state index contributed by atoms with van der Waals surface area (Å²) in [7, 11) is -3.67. The minimum absolute atomic E-state index is 0.0253. The van der Waals surface area contributed by atoms with Gasteiger partial charge in [-0.15, -0.1) is 0 Å². The Morgan fingerprint density at radius 2 is 1.52 bits per heavy atom. The predicted molar refractivity (Wildman–Crippen MR) is 157 cm³/mol. The largest absolute Gasteiger partial charge is 0.480 e. The van der Waals surface area contributed by atoms with Crippen LogP contribution in [0.5, 0.6) is 0 Å². The number of rotatable bonds is 8. The van der Waals surface area contributed by atoms with Gasteiger partial charge in [-0.1, -0.05) is 84.4 Å². The van der Waals surface area contributed by atoms with Crippen LogP contribution in [-0.2, 0) is 39.1 Å². The second-order valence-electron chi connectivity index (χ2n) is 10.8. The van der Waals surface area contributed by atoms with Crippen molar-refractivity contribution in [2.75, 3.05) is 6.61 Å². The second-order valence-corrected chi connectivity index (χ2v) is 12.7. The van der Waals surface area contributed by atoms with Crippen LogP contribution in [-0.4, -0.2) is 42.5 Å². The lowest BCUT2D eigenvalue weighted by atomic mass is 9.98. The number of carbonyl (C=O) groups is 2. The van der Waals surface area contributed by atoms with Gasteiger partial charge in [-0.05, 0) is 58.0 Å². The maximum absolute atomic E-state index is 13.2. The standard InChI is InChI=1S/C33H30N2O6S/c1-21-10-14-25(15-11-21)42(39,40)35-18-23-13-12-22(16-24(23)19-35)17-31(32(36)37)34-33(38)41-20-30-28-8-4-2-6-26(28)27-7-3-5-9-29(27)30/h2-16,30-31H,17-20H2,1H3,(H,34,38)(H,36,37)/t31-/m0/s1. The van der Waals surface area contributed by atoms with Gasteiger partial charge in [-0.25, -0.2) is 18.0 Å². The van der Waals surface area contributed by atoms with E-state index in [1.54, 1.807) is 30.3 Å². The van der Waals surface area contributed by atoms with Crippen LogP contribution in [0.2, 0.25) is 0 Å². The van der Waals surface area contributed by atoms with Gasteiger partial charge in [0.1, 0.15) is 12.6 Å². The lowest BCUT2D eigenvalue weighted by molar-refractivity contribution is -0.139. The zero-order valence-electron chi connectivity index (χ0n) is 23.0. The Balaban J connectivity index is 1.10. The number of carboxylic acids is 1. The Morgan fingerprint density at radius 3 is 2.17 bits per heavy atom. The lowest BCUT2D eigenvalue weighted by Gasteiger charge is -2.18. The Kier molecular flexibility index (Phi) is 7.30. The summed E-state index contributed by atoms with van der Waals surface area (Å²) in [6.07, 6.45) is -0.780. The summed E-state index contributed by atoms with van der Waals surface area (Å²) < 4.78 is 33.3. The van der Waals surface area contributed by atoms with E-state index < -0.39 is 28.1 Å². The second kappa shape index (κ2) is 11.1. The van der Waals surface area contributed by atoms with Gasteiger partial charge < -0.3 is 15.2 Å². The van der Waals surface area contributed by atoms with Crippen LogP contribution >= 0.6 is 0 Å². The number of carboxylic acid groups (broad SMARTS) is 1. The molecule has 0 bridgehead atoms. The molecule has 9 heteroatoms. The van der Waals surface area contributed by atoms with Crippen LogP contribution in [0.3, 0.4) is 0 Å². The normalized spacial score (nSPS) is 15.0. The van der Waals surface area contributed by atoms with Crippen molar-refractivity contribution < 1.29 is 27.9 Å². The zero-order valence-corrected chi connectivity index (χ0v) is 23.8. The monoisotopic (exact) mass is 582 g/mol. The smallest absolute Gasteiger partial charge is 0.407 e. The van der Waals surface area contributed by atoms with Crippen molar-refractivity contribution in [3.05, 3.63) is 124 Å². The molecular weight excluding hydrogens is 552 g/mol. The number of ether oxygens (including phenoxy) is 1. The van der Waals surface area contributed by atoms with Gasteiger partial charge in [0.15, 0.2) is 0 Å². The molecule has 0 saturated heterocycles. The molecule has 1 aliphatic carbocycles. The predicted octanol–water partition coefficient (Wildman–Crippen LogP) is 5.23. The third-order valence-electron chi connectivity index (χ3n) is 8.00. The minimum Gasteiger partial charge on any atom is -0.480 e. The van der Waals surface area contributed by atoms with E-state index in [4.69, 9.17) is 4.74 Å². The highest BCUT2D eigenvalue weighted by molar-refractivity contribution is 7.89. The van der Waals surface area contributed by atoms with Crippen LogP contribution in [0, 0.1) is 6.92 Å². The highest BCUT2D eigenvalue weighted by Crippen LogP contribution is 2.44. The Labute approximate surface area is 244 Å². The molecule has 2 N–H and O–H groups in total. The van der Waals surface area contributed by atoms with Crippen molar-refractivity contribution >= 4 is 22.1 Å². The molecule has 0 radical (unpaired) electrons. The molecule has 0 fully saturated rings. The number of aryl methyl sites for hydroxylation is 1. The van der Waals surface area contributed by atoms with Crippen LogP contribution in [0.1, 0.15) is 39.3 Å². The summed E-state index contributed by atoms with van der Waals surface area (Å²) in [5, 5.41) is 12.4. The van der Waals surface area contributed by atoms with Crippen molar-refractivity contribution in [2.45, 2.75) is 43.3 Å². The number of amides is 1. The maximum atomic E-state index is 13.2. The first kappa shape index (κ1) is 27.7. The molecule has 42 heavy (non-hydrogen) atoms. The van der Waals surface area contributed by atoms with Crippen molar-refractivity contribution in [1.29, 1.82) is 0 Å². The quantitative estimate of drug-likeness (QED) is 0.294. The molecule has 1 aliphatic heterocycles. The molecule has 0 unspecified atom stereocenters. The molecule has 4 aromatic carbocycles. The van der Waals surface area contributed by atoms with Crippen LogP contribution in [0.4, 0.5) is 4.79 Å². The molecule has 0 spiro atoms. The first-order chi connectivity index (χ1) is 20.2. The number of benzene rings is 4. The van der Waals surface area contributed by atoms with Gasteiger partial charge in [0.25, 0.3) is 0 Å². The minimum atomic E-state index is -3.67. The lowest BCUT2D eigenvalue weighted by Crippen LogP contribution is -2.42. The number of hydrogen-bond acceptors (Lipinski definition) is 5. The molecule has 1 atom stereocenters. The molecule has 1 heterocycles. The van der Waals surface area contributed by atoms with E-state index in [1.165, 1.54) is 4.31 Å². The Morgan fingerprint density at radius 1 is 0.905 bits per heavy atom. The van der Waals surface area contributed by atoms with Gasteiger partial charge in [0.05, 0.1) is 4.90 Å². The van der Waals surface area contributed by atoms with Gasteiger partial charge in [0.2, 0.25) is 10.0 Å². The summed E-state index contributed by atoms with van der Waals surface area (Å²) >= 11 is 0. The summed E-state index contributed by atoms with van der Waals surface area (Å²) in [5.74, 6) is -1.32. The number of nitrogens with one attached hydrogen (secondary N) is 1. The molecular formula is C33H30N2O6S. The van der Waals surface area contributed by atoms with Crippen LogP contribution in [0.15, 0.2) is 95.9 Å². The molecule has 8 nitrogen and oxygen atoms in total. The van der Waals surface area contributed by atoms with Crippen LogP contribution in [0.25, 0.3) is 11.1 Å². The third kappa shape index (κ3) is 5.29. The molecule has 4 aromatic rings. The molecule has 1 amide bonds. The summed E-state index contributed by atoms with van der Waals surface area (Å²) in [6.45, 7) is 2.41. The average molecular weight is 583 g/mol. The first-order valence-corrected chi connectivity index (χ1v) is 15.2. The Hall–Kier alpha value is -4.47. The van der Waals surface area contributed by atoms with Gasteiger partial charge in [-0.3, -0.25) is 0 Å². The molecule has 214 valence electrons. The van der Waals surface area contributed by atoms with E-state index in [0.29, 0.717) is 5.56 Å². The highest BCUT2D eigenvalue weighted by Gasteiger charge is 2.32. The number of aliphatic carboxylic acids is 1. The average Bonchev–Trinajstić information content (AvgIpc) is 3.55. The van der Waals surface area contributed by atoms with Crippen LogP contribution < -0.4 is 5.32 Å². The van der Waals surface area contributed by atoms with Crippen molar-refractivity contribution in [3.8, 4) is 11.1 Å². The molecule has 6 rings (SSSR count). The van der Waals surface area contributed by atoms with Gasteiger partial charge in [-0.2, -0.15) is 4.31 Å². The van der Waals surface area contributed by atoms with Crippen molar-refractivity contribution in [3.63, 3.8) is 0 Å². The number of sulfonamides is 1. The maximum Gasteiger partial charge on any atom is 0.407 e. The van der Waals surface area contributed by atoms with Crippen molar-refractivity contribution in [1.82, 2.24) is 9.62 Å². The van der Waals surface area contributed by atoms with E-state index in [2.05, 4.69) is 5.32 Å². The van der Waals surface area contributed by atoms with Gasteiger partial charge in [0, 0.05) is 25.4 Å². The number of nitrogens with zero attached hydrogens (tertiary/aromatic N) is 1. The number of fused-ring (bicyclic) bond motifs is 4. The topological polar surface area (TPSA) is 113 Å².